The third kappa shape index (κ3) is 8.21. The van der Waals surface area contributed by atoms with E-state index >= 15 is 0 Å². The fourth-order valence-corrected chi connectivity index (χ4v) is 5.19. The Morgan fingerprint density at radius 1 is 1.02 bits per heavy atom. The number of hydrogen-bond acceptors (Lipinski definition) is 7. The van der Waals surface area contributed by atoms with Gasteiger partial charge in [0.25, 0.3) is 0 Å². The Morgan fingerprint density at radius 3 is 2.10 bits per heavy atom. The molecule has 1 fully saturated rings. The molecule has 9 nitrogen and oxygen atoms in total. The third-order valence-corrected chi connectivity index (χ3v) is 7.03. The smallest absolute Gasteiger partial charge is 0.480 e. The minimum atomic E-state index is -5.08. The number of imidazole rings is 1. The molecule has 3 aromatic rings. The van der Waals surface area contributed by atoms with Crippen LogP contribution in [0.5, 0.6) is 5.75 Å². The van der Waals surface area contributed by atoms with Crippen molar-refractivity contribution >= 4 is 23.3 Å². The van der Waals surface area contributed by atoms with Crippen LogP contribution < -0.4 is 4.74 Å². The number of rotatable bonds is 4. The van der Waals surface area contributed by atoms with Crippen LogP contribution in [-0.2, 0) is 28.3 Å². The van der Waals surface area contributed by atoms with Gasteiger partial charge in [0.05, 0.1) is 24.3 Å². The van der Waals surface area contributed by atoms with Crippen molar-refractivity contribution in [3.05, 3.63) is 52.9 Å². The van der Waals surface area contributed by atoms with Crippen LogP contribution >= 0.6 is 11.3 Å². The van der Waals surface area contributed by atoms with E-state index in [1.807, 2.05) is 12.5 Å². The van der Waals surface area contributed by atoms with E-state index in [0.717, 1.165) is 56.0 Å². The number of hydrogen-bond donors (Lipinski definition) is 2. The van der Waals surface area contributed by atoms with Crippen molar-refractivity contribution in [3.63, 3.8) is 0 Å². The van der Waals surface area contributed by atoms with E-state index in [1.165, 1.54) is 10.7 Å². The summed E-state index contributed by atoms with van der Waals surface area (Å²) < 4.78 is 72.6. The number of halogens is 6. The fourth-order valence-electron chi connectivity index (χ4n) is 4.53. The molecule has 2 aromatic heterocycles. The standard InChI is InChI=1S/C22H26N4OS.2C2HF3O2/c1-16(2)13-26-15-24-20-17-5-3-4-6-18(17)27-22(21(20)26)7-10-25(11-8-22)14-19-23-9-12-28-19;2*3-2(4,5)1(6)7/h3-6,9,12,15-16H,7-8,10-11,13-14H2,1-2H3;2*(H,6,7). The van der Waals surface area contributed by atoms with Crippen LogP contribution in [0.1, 0.15) is 37.4 Å². The number of thiazole rings is 1. The van der Waals surface area contributed by atoms with Gasteiger partial charge in [-0.05, 0) is 18.1 Å². The molecule has 4 heterocycles. The van der Waals surface area contributed by atoms with Crippen molar-refractivity contribution in [2.24, 2.45) is 5.92 Å². The van der Waals surface area contributed by atoms with Gasteiger partial charge in [-0.15, -0.1) is 11.3 Å². The molecular formula is C26H28F6N4O5S. The second kappa shape index (κ2) is 13.1. The summed E-state index contributed by atoms with van der Waals surface area (Å²) >= 11 is 1.74. The summed E-state index contributed by atoms with van der Waals surface area (Å²) in [6, 6.07) is 8.34. The zero-order valence-electron chi connectivity index (χ0n) is 22.4. The lowest BCUT2D eigenvalue weighted by atomic mass is 9.83. The van der Waals surface area contributed by atoms with E-state index in [9.17, 15) is 26.3 Å². The molecule has 16 heteroatoms. The lowest BCUT2D eigenvalue weighted by Crippen LogP contribution is -2.48. The largest absolute Gasteiger partial charge is 0.490 e. The maximum atomic E-state index is 10.6. The average Bonchev–Trinajstić information content (AvgIpc) is 3.56. The Hall–Kier alpha value is -3.66. The second-order valence-electron chi connectivity index (χ2n) is 9.89. The highest BCUT2D eigenvalue weighted by atomic mass is 32.1. The molecule has 0 amide bonds. The Kier molecular flexibility index (Phi) is 10.3. The molecule has 0 unspecified atom stereocenters. The van der Waals surface area contributed by atoms with Crippen molar-refractivity contribution in [1.29, 1.82) is 0 Å². The number of aliphatic carboxylic acids is 2. The van der Waals surface area contributed by atoms with E-state index in [4.69, 9.17) is 29.5 Å². The van der Waals surface area contributed by atoms with Crippen LogP contribution in [0.3, 0.4) is 0 Å². The van der Waals surface area contributed by atoms with Gasteiger partial charge in [-0.25, -0.2) is 19.6 Å². The normalized spacial score (nSPS) is 15.8. The average molecular weight is 623 g/mol. The highest BCUT2D eigenvalue weighted by Gasteiger charge is 2.46. The van der Waals surface area contributed by atoms with E-state index in [0.29, 0.717) is 5.92 Å². The van der Waals surface area contributed by atoms with E-state index < -0.39 is 24.3 Å². The predicted molar refractivity (Wildman–Crippen MR) is 139 cm³/mol. The van der Waals surface area contributed by atoms with Gasteiger partial charge in [0.15, 0.2) is 5.60 Å². The summed E-state index contributed by atoms with van der Waals surface area (Å²) in [4.78, 5) is 29.6. The number of likely N-dealkylation sites (tertiary alicyclic amines) is 1. The van der Waals surface area contributed by atoms with Crippen LogP contribution in [0, 0.1) is 5.92 Å². The number of alkyl halides is 6. The van der Waals surface area contributed by atoms with Crippen LogP contribution in [0.2, 0.25) is 0 Å². The predicted octanol–water partition coefficient (Wildman–Crippen LogP) is 5.81. The maximum Gasteiger partial charge on any atom is 0.490 e. The van der Waals surface area contributed by atoms with Crippen LogP contribution in [0.4, 0.5) is 26.3 Å². The van der Waals surface area contributed by atoms with Gasteiger partial charge in [0, 0.05) is 49.6 Å². The van der Waals surface area contributed by atoms with E-state index in [-0.39, 0.29) is 5.60 Å². The number of fused-ring (bicyclic) bond motifs is 4. The van der Waals surface area contributed by atoms with Gasteiger partial charge in [-0.1, -0.05) is 26.0 Å². The number of carbonyl (C=O) groups is 2. The number of carboxylic acid groups (broad SMARTS) is 2. The first-order valence-electron chi connectivity index (χ1n) is 12.6. The summed E-state index contributed by atoms with van der Waals surface area (Å²) in [5.74, 6) is -3.98. The molecule has 230 valence electrons. The molecule has 42 heavy (non-hydrogen) atoms. The summed E-state index contributed by atoms with van der Waals surface area (Å²) in [5, 5.41) is 17.5. The van der Waals surface area contributed by atoms with Gasteiger partial charge >= 0.3 is 24.3 Å². The number of aromatic nitrogens is 3. The minimum Gasteiger partial charge on any atom is -0.480 e. The first kappa shape index (κ1) is 32.8. The van der Waals surface area contributed by atoms with Gasteiger partial charge in [-0.3, -0.25) is 4.90 Å². The zero-order valence-corrected chi connectivity index (χ0v) is 23.3. The van der Waals surface area contributed by atoms with E-state index in [2.05, 4.69) is 57.9 Å². The first-order valence-corrected chi connectivity index (χ1v) is 13.5. The van der Waals surface area contributed by atoms with Crippen molar-refractivity contribution in [2.45, 2.75) is 57.7 Å². The SMILES string of the molecule is CC(C)Cn1cnc2c1C1(CCN(Cc3nccs3)CC1)Oc1ccccc1-2.O=C(O)C(F)(F)F.O=C(O)C(F)(F)F. The third-order valence-electron chi connectivity index (χ3n) is 6.27. The number of benzene rings is 1. The monoisotopic (exact) mass is 622 g/mol. The molecule has 1 spiro atoms. The van der Waals surface area contributed by atoms with Crippen molar-refractivity contribution in [2.75, 3.05) is 13.1 Å². The number of piperidine rings is 1. The highest BCUT2D eigenvalue weighted by Crippen LogP contribution is 2.49. The number of nitrogens with zero attached hydrogens (tertiary/aromatic N) is 4. The highest BCUT2D eigenvalue weighted by molar-refractivity contribution is 7.09. The maximum absolute atomic E-state index is 10.6. The summed E-state index contributed by atoms with van der Waals surface area (Å²) in [6.45, 7) is 8.43. The van der Waals surface area contributed by atoms with Crippen LogP contribution in [0.25, 0.3) is 11.3 Å². The molecule has 0 atom stereocenters. The number of ether oxygens (including phenoxy) is 1. The van der Waals surface area contributed by atoms with Crippen molar-refractivity contribution in [1.82, 2.24) is 19.4 Å². The zero-order chi connectivity index (χ0) is 31.3. The molecule has 2 aliphatic heterocycles. The van der Waals surface area contributed by atoms with Gasteiger partial charge in [0.2, 0.25) is 0 Å². The Bertz CT molecular complexity index is 1330. The van der Waals surface area contributed by atoms with Crippen LogP contribution in [-0.4, -0.2) is 67.0 Å². The molecule has 2 aliphatic rings. The molecule has 5 rings (SSSR count). The Morgan fingerprint density at radius 2 is 1.60 bits per heavy atom. The Balaban J connectivity index is 0.000000289. The van der Waals surface area contributed by atoms with Crippen molar-refractivity contribution in [3.8, 4) is 17.0 Å². The molecule has 1 saturated heterocycles. The topological polar surface area (TPSA) is 118 Å². The molecular weight excluding hydrogens is 594 g/mol. The number of para-hydroxylation sites is 1. The molecule has 0 bridgehead atoms. The molecule has 0 radical (unpaired) electrons. The second-order valence-corrected chi connectivity index (χ2v) is 10.9. The molecule has 2 N–H and O–H groups in total. The lowest BCUT2D eigenvalue weighted by molar-refractivity contribution is -0.193. The van der Waals surface area contributed by atoms with Crippen LogP contribution in [0.15, 0.2) is 42.2 Å². The van der Waals surface area contributed by atoms with Gasteiger partial charge < -0.3 is 19.5 Å². The Labute approximate surface area is 240 Å². The van der Waals surface area contributed by atoms with Gasteiger partial charge in [-0.2, -0.15) is 26.3 Å². The minimum absolute atomic E-state index is 0.283. The van der Waals surface area contributed by atoms with E-state index in [1.54, 1.807) is 11.3 Å². The summed E-state index contributed by atoms with van der Waals surface area (Å²) in [6.07, 6.45) is -4.31. The molecule has 0 aliphatic carbocycles. The molecule has 1 aromatic carbocycles. The first-order chi connectivity index (χ1) is 19.5. The fraction of sp³-hybridized carbons (Fsp3) is 0.462. The summed E-state index contributed by atoms with van der Waals surface area (Å²) in [5.41, 5.74) is 3.22. The lowest BCUT2D eigenvalue weighted by Gasteiger charge is -2.44. The molecule has 0 saturated carbocycles. The number of carboxylic acids is 2. The quantitative estimate of drug-likeness (QED) is 0.350. The van der Waals surface area contributed by atoms with Gasteiger partial charge in [0.1, 0.15) is 10.8 Å². The van der Waals surface area contributed by atoms with Crippen molar-refractivity contribution < 1.29 is 50.9 Å². The summed E-state index contributed by atoms with van der Waals surface area (Å²) in [7, 11) is 0.